The SMILES string of the molecule is CC=C(C)CCOC(=O)C(C)C. The Morgan fingerprint density at radius 1 is 1.50 bits per heavy atom. The second kappa shape index (κ2) is 5.81. The van der Waals surface area contributed by atoms with Crippen molar-refractivity contribution in [2.24, 2.45) is 5.92 Å². The van der Waals surface area contributed by atoms with Crippen LogP contribution in [0.3, 0.4) is 0 Å². The Kier molecular flexibility index (Phi) is 5.43. The van der Waals surface area contributed by atoms with E-state index in [1.54, 1.807) is 0 Å². The summed E-state index contributed by atoms with van der Waals surface area (Å²) in [4.78, 5) is 11.0. The van der Waals surface area contributed by atoms with E-state index in [2.05, 4.69) is 0 Å². The number of ether oxygens (including phenoxy) is 1. The van der Waals surface area contributed by atoms with E-state index in [9.17, 15) is 4.79 Å². The molecule has 0 saturated carbocycles. The zero-order valence-corrected chi connectivity index (χ0v) is 8.39. The number of hydrogen-bond donors (Lipinski definition) is 0. The van der Waals surface area contributed by atoms with Gasteiger partial charge in [0, 0.05) is 6.42 Å². The molecule has 0 spiro atoms. The largest absolute Gasteiger partial charge is 0.465 e. The molecule has 0 atom stereocenters. The molecule has 0 fully saturated rings. The van der Waals surface area contributed by atoms with E-state index in [-0.39, 0.29) is 11.9 Å². The maximum atomic E-state index is 11.0. The smallest absolute Gasteiger partial charge is 0.308 e. The molecule has 0 bridgehead atoms. The van der Waals surface area contributed by atoms with Gasteiger partial charge in [-0.05, 0) is 13.8 Å². The first-order valence-corrected chi connectivity index (χ1v) is 4.36. The molecular formula is C10H18O2. The van der Waals surface area contributed by atoms with E-state index in [4.69, 9.17) is 4.74 Å². The average Bonchev–Trinajstić information content (AvgIpc) is 2.03. The molecule has 0 aliphatic rings. The lowest BCUT2D eigenvalue weighted by Crippen LogP contribution is -2.12. The quantitative estimate of drug-likeness (QED) is 0.478. The molecule has 0 heterocycles. The van der Waals surface area contributed by atoms with Crippen molar-refractivity contribution in [1.82, 2.24) is 0 Å². The zero-order valence-electron chi connectivity index (χ0n) is 8.39. The van der Waals surface area contributed by atoms with Crippen molar-refractivity contribution >= 4 is 5.97 Å². The number of hydrogen-bond acceptors (Lipinski definition) is 2. The zero-order chi connectivity index (χ0) is 9.56. The molecule has 0 aromatic carbocycles. The van der Waals surface area contributed by atoms with Gasteiger partial charge in [0.1, 0.15) is 0 Å². The molecule has 12 heavy (non-hydrogen) atoms. The van der Waals surface area contributed by atoms with E-state index < -0.39 is 0 Å². The lowest BCUT2D eigenvalue weighted by molar-refractivity contribution is -0.147. The molecule has 0 aliphatic carbocycles. The second-order valence-electron chi connectivity index (χ2n) is 3.21. The molecule has 0 aromatic rings. The van der Waals surface area contributed by atoms with Crippen molar-refractivity contribution in [2.75, 3.05) is 6.61 Å². The molecule has 0 N–H and O–H groups in total. The number of esters is 1. The predicted molar refractivity (Wildman–Crippen MR) is 49.8 cm³/mol. The maximum absolute atomic E-state index is 11.0. The van der Waals surface area contributed by atoms with Gasteiger partial charge in [-0.15, -0.1) is 0 Å². The van der Waals surface area contributed by atoms with E-state index in [0.717, 1.165) is 6.42 Å². The third-order valence-corrected chi connectivity index (χ3v) is 1.70. The molecule has 0 amide bonds. The van der Waals surface area contributed by atoms with Gasteiger partial charge in [0.15, 0.2) is 0 Å². The van der Waals surface area contributed by atoms with Crippen LogP contribution in [0.5, 0.6) is 0 Å². The van der Waals surface area contributed by atoms with Crippen LogP contribution in [0.2, 0.25) is 0 Å². The van der Waals surface area contributed by atoms with Crippen LogP contribution in [-0.2, 0) is 9.53 Å². The van der Waals surface area contributed by atoms with Gasteiger partial charge >= 0.3 is 5.97 Å². The number of allylic oxidation sites excluding steroid dienone is 1. The van der Waals surface area contributed by atoms with Gasteiger partial charge in [-0.3, -0.25) is 4.79 Å². The summed E-state index contributed by atoms with van der Waals surface area (Å²) < 4.78 is 5.00. The molecule has 2 heteroatoms. The van der Waals surface area contributed by atoms with Gasteiger partial charge in [-0.2, -0.15) is 0 Å². The second-order valence-corrected chi connectivity index (χ2v) is 3.21. The Bertz CT molecular complexity index is 169. The molecule has 2 nitrogen and oxygen atoms in total. The highest BCUT2D eigenvalue weighted by Crippen LogP contribution is 2.01. The lowest BCUT2D eigenvalue weighted by atomic mass is 10.2. The van der Waals surface area contributed by atoms with E-state index in [1.165, 1.54) is 5.57 Å². The lowest BCUT2D eigenvalue weighted by Gasteiger charge is -2.06. The number of rotatable bonds is 4. The van der Waals surface area contributed by atoms with Crippen LogP contribution in [0.25, 0.3) is 0 Å². The van der Waals surface area contributed by atoms with Crippen LogP contribution in [-0.4, -0.2) is 12.6 Å². The van der Waals surface area contributed by atoms with Crippen molar-refractivity contribution < 1.29 is 9.53 Å². The van der Waals surface area contributed by atoms with Crippen LogP contribution in [0, 0.1) is 5.92 Å². The minimum absolute atomic E-state index is 0.0177. The van der Waals surface area contributed by atoms with Crippen LogP contribution in [0.15, 0.2) is 11.6 Å². The van der Waals surface area contributed by atoms with Crippen LogP contribution < -0.4 is 0 Å². The Hall–Kier alpha value is -0.790. The molecule has 0 rings (SSSR count). The molecule has 0 aliphatic heterocycles. The number of carbonyl (C=O) groups excluding carboxylic acids is 1. The standard InChI is InChI=1S/C10H18O2/c1-5-9(4)6-7-12-10(11)8(2)3/h5,8H,6-7H2,1-4H3. The molecule has 0 aromatic heterocycles. The highest BCUT2D eigenvalue weighted by molar-refractivity contribution is 5.71. The molecule has 70 valence electrons. The molecule has 0 unspecified atom stereocenters. The summed E-state index contributed by atoms with van der Waals surface area (Å²) in [5, 5.41) is 0. The third kappa shape index (κ3) is 4.94. The van der Waals surface area contributed by atoms with Gasteiger partial charge in [-0.25, -0.2) is 0 Å². The minimum Gasteiger partial charge on any atom is -0.465 e. The number of carbonyl (C=O) groups is 1. The summed E-state index contributed by atoms with van der Waals surface area (Å²) in [6, 6.07) is 0. The summed E-state index contributed by atoms with van der Waals surface area (Å²) in [7, 11) is 0. The summed E-state index contributed by atoms with van der Waals surface area (Å²) in [6.45, 7) is 8.20. The highest BCUT2D eigenvalue weighted by Gasteiger charge is 2.06. The first-order valence-electron chi connectivity index (χ1n) is 4.36. The van der Waals surface area contributed by atoms with Gasteiger partial charge in [-0.1, -0.05) is 25.5 Å². The average molecular weight is 170 g/mol. The Morgan fingerprint density at radius 3 is 2.50 bits per heavy atom. The molecule has 0 saturated heterocycles. The first kappa shape index (κ1) is 11.2. The van der Waals surface area contributed by atoms with Crippen molar-refractivity contribution in [2.45, 2.75) is 34.1 Å². The molecular weight excluding hydrogens is 152 g/mol. The van der Waals surface area contributed by atoms with Gasteiger partial charge in [0.2, 0.25) is 0 Å². The third-order valence-electron chi connectivity index (χ3n) is 1.70. The van der Waals surface area contributed by atoms with Gasteiger partial charge < -0.3 is 4.74 Å². The Morgan fingerprint density at radius 2 is 2.08 bits per heavy atom. The predicted octanol–water partition coefficient (Wildman–Crippen LogP) is 2.54. The summed E-state index contributed by atoms with van der Waals surface area (Å²) in [5.41, 5.74) is 1.26. The highest BCUT2D eigenvalue weighted by atomic mass is 16.5. The topological polar surface area (TPSA) is 26.3 Å². The normalized spacial score (nSPS) is 11.9. The van der Waals surface area contributed by atoms with Crippen molar-refractivity contribution in [3.8, 4) is 0 Å². The fourth-order valence-corrected chi connectivity index (χ4v) is 0.624. The fourth-order valence-electron chi connectivity index (χ4n) is 0.624. The van der Waals surface area contributed by atoms with Gasteiger partial charge in [0.05, 0.1) is 12.5 Å². The first-order chi connectivity index (χ1) is 5.57. The van der Waals surface area contributed by atoms with E-state index in [0.29, 0.717) is 6.61 Å². The summed E-state index contributed by atoms with van der Waals surface area (Å²) in [5.74, 6) is -0.130. The summed E-state index contributed by atoms with van der Waals surface area (Å²) in [6.07, 6.45) is 2.87. The fraction of sp³-hybridized carbons (Fsp3) is 0.700. The maximum Gasteiger partial charge on any atom is 0.308 e. The van der Waals surface area contributed by atoms with Crippen molar-refractivity contribution in [3.05, 3.63) is 11.6 Å². The van der Waals surface area contributed by atoms with Crippen LogP contribution >= 0.6 is 0 Å². The minimum atomic E-state index is -0.112. The monoisotopic (exact) mass is 170 g/mol. The van der Waals surface area contributed by atoms with E-state index >= 15 is 0 Å². The summed E-state index contributed by atoms with van der Waals surface area (Å²) >= 11 is 0. The van der Waals surface area contributed by atoms with Gasteiger partial charge in [0.25, 0.3) is 0 Å². The molecule has 0 radical (unpaired) electrons. The van der Waals surface area contributed by atoms with Crippen molar-refractivity contribution in [1.29, 1.82) is 0 Å². The van der Waals surface area contributed by atoms with Crippen LogP contribution in [0.4, 0.5) is 0 Å². The van der Waals surface area contributed by atoms with E-state index in [1.807, 2.05) is 33.8 Å². The van der Waals surface area contributed by atoms with Crippen LogP contribution in [0.1, 0.15) is 34.1 Å². The van der Waals surface area contributed by atoms with Crippen molar-refractivity contribution in [3.63, 3.8) is 0 Å². The Labute approximate surface area is 74.6 Å². The Balaban J connectivity index is 3.51.